The van der Waals surface area contributed by atoms with Gasteiger partial charge in [0.1, 0.15) is 6.10 Å². The standard InChI is InChI=1S/C14H15BrN2O/c1-2-11-4-3-5-17-14(11)13(18)7-10-6-12(15)9-16-8-10/h3-6,8-9,13,18H,2,7H2,1H3. The van der Waals surface area contributed by atoms with Crippen LogP contribution < -0.4 is 0 Å². The highest BCUT2D eigenvalue weighted by molar-refractivity contribution is 9.10. The van der Waals surface area contributed by atoms with Crippen molar-refractivity contribution in [1.82, 2.24) is 9.97 Å². The molecule has 0 spiro atoms. The zero-order valence-corrected chi connectivity index (χ0v) is 11.8. The lowest BCUT2D eigenvalue weighted by atomic mass is 10.0. The van der Waals surface area contributed by atoms with E-state index < -0.39 is 6.10 Å². The first-order valence-corrected chi connectivity index (χ1v) is 6.71. The Morgan fingerprint density at radius 1 is 1.39 bits per heavy atom. The van der Waals surface area contributed by atoms with Crippen LogP contribution in [0.3, 0.4) is 0 Å². The molecule has 0 bridgehead atoms. The van der Waals surface area contributed by atoms with Crippen molar-refractivity contribution in [2.45, 2.75) is 25.9 Å². The lowest BCUT2D eigenvalue weighted by Gasteiger charge is -2.13. The van der Waals surface area contributed by atoms with Gasteiger partial charge in [0.05, 0.1) is 5.69 Å². The molecule has 0 fully saturated rings. The Morgan fingerprint density at radius 3 is 2.94 bits per heavy atom. The van der Waals surface area contributed by atoms with Crippen molar-refractivity contribution in [3.8, 4) is 0 Å². The normalized spacial score (nSPS) is 12.4. The van der Waals surface area contributed by atoms with Crippen LogP contribution in [0.25, 0.3) is 0 Å². The van der Waals surface area contributed by atoms with Gasteiger partial charge in [0, 0.05) is 29.5 Å². The van der Waals surface area contributed by atoms with Gasteiger partial charge < -0.3 is 5.11 Å². The Morgan fingerprint density at radius 2 is 2.22 bits per heavy atom. The molecule has 2 aromatic rings. The predicted molar refractivity (Wildman–Crippen MR) is 74.2 cm³/mol. The van der Waals surface area contributed by atoms with Gasteiger partial charge in [-0.1, -0.05) is 13.0 Å². The van der Waals surface area contributed by atoms with Crippen LogP contribution in [0.15, 0.2) is 41.3 Å². The minimum absolute atomic E-state index is 0.524. The van der Waals surface area contributed by atoms with Gasteiger partial charge in [-0.3, -0.25) is 9.97 Å². The second-order valence-corrected chi connectivity index (χ2v) is 5.05. The first-order valence-electron chi connectivity index (χ1n) is 5.92. The molecule has 0 saturated heterocycles. The van der Waals surface area contributed by atoms with E-state index in [-0.39, 0.29) is 0 Å². The number of aliphatic hydroxyl groups is 1. The van der Waals surface area contributed by atoms with Gasteiger partial charge in [-0.05, 0) is 45.6 Å². The van der Waals surface area contributed by atoms with Gasteiger partial charge >= 0.3 is 0 Å². The SMILES string of the molecule is CCc1cccnc1C(O)Cc1cncc(Br)c1. The van der Waals surface area contributed by atoms with E-state index in [1.165, 1.54) is 0 Å². The number of nitrogens with zero attached hydrogens (tertiary/aromatic N) is 2. The average Bonchev–Trinajstić information content (AvgIpc) is 2.38. The Balaban J connectivity index is 2.19. The first-order chi connectivity index (χ1) is 8.70. The third-order valence-electron chi connectivity index (χ3n) is 2.81. The van der Waals surface area contributed by atoms with Gasteiger partial charge in [0.15, 0.2) is 0 Å². The molecule has 1 unspecified atom stereocenters. The number of halogens is 1. The zero-order valence-electron chi connectivity index (χ0n) is 10.2. The van der Waals surface area contributed by atoms with Crippen LogP contribution in [-0.2, 0) is 12.8 Å². The van der Waals surface area contributed by atoms with Crippen molar-refractivity contribution in [3.63, 3.8) is 0 Å². The molecule has 94 valence electrons. The molecule has 3 nitrogen and oxygen atoms in total. The summed E-state index contributed by atoms with van der Waals surface area (Å²) in [6, 6.07) is 5.87. The van der Waals surface area contributed by atoms with E-state index in [0.717, 1.165) is 27.7 Å². The van der Waals surface area contributed by atoms with Crippen LogP contribution in [0.5, 0.6) is 0 Å². The fourth-order valence-electron chi connectivity index (χ4n) is 1.94. The van der Waals surface area contributed by atoms with Crippen molar-refractivity contribution in [2.75, 3.05) is 0 Å². The van der Waals surface area contributed by atoms with E-state index in [9.17, 15) is 5.11 Å². The lowest BCUT2D eigenvalue weighted by Crippen LogP contribution is -2.07. The molecule has 2 rings (SSSR count). The number of aliphatic hydroxyl groups excluding tert-OH is 1. The minimum Gasteiger partial charge on any atom is -0.386 e. The number of rotatable bonds is 4. The summed E-state index contributed by atoms with van der Waals surface area (Å²) in [6.45, 7) is 2.06. The van der Waals surface area contributed by atoms with Crippen molar-refractivity contribution < 1.29 is 5.11 Å². The topological polar surface area (TPSA) is 46.0 Å². The summed E-state index contributed by atoms with van der Waals surface area (Å²) in [6.07, 6.45) is 6.03. The number of hydrogen-bond acceptors (Lipinski definition) is 3. The fraction of sp³-hybridized carbons (Fsp3) is 0.286. The maximum absolute atomic E-state index is 10.3. The van der Waals surface area contributed by atoms with Gasteiger partial charge in [0.25, 0.3) is 0 Å². The summed E-state index contributed by atoms with van der Waals surface area (Å²) in [5.41, 5.74) is 2.84. The molecule has 0 aromatic carbocycles. The average molecular weight is 307 g/mol. The number of hydrogen-bond donors (Lipinski definition) is 1. The van der Waals surface area contributed by atoms with E-state index in [1.807, 2.05) is 18.2 Å². The van der Waals surface area contributed by atoms with E-state index in [2.05, 4.69) is 32.8 Å². The van der Waals surface area contributed by atoms with Gasteiger partial charge in [0.2, 0.25) is 0 Å². The highest BCUT2D eigenvalue weighted by Gasteiger charge is 2.13. The van der Waals surface area contributed by atoms with E-state index in [0.29, 0.717) is 6.42 Å². The molecule has 0 aliphatic heterocycles. The molecule has 0 radical (unpaired) electrons. The van der Waals surface area contributed by atoms with Gasteiger partial charge in [-0.25, -0.2) is 0 Å². The second-order valence-electron chi connectivity index (χ2n) is 4.13. The molecule has 1 atom stereocenters. The molecule has 0 saturated carbocycles. The molecule has 4 heteroatoms. The number of aromatic nitrogens is 2. The number of aryl methyl sites for hydroxylation is 1. The Labute approximate surface area is 115 Å². The molecule has 1 N–H and O–H groups in total. The third-order valence-corrected chi connectivity index (χ3v) is 3.25. The highest BCUT2D eigenvalue weighted by Crippen LogP contribution is 2.21. The summed E-state index contributed by atoms with van der Waals surface area (Å²) in [5, 5.41) is 10.3. The van der Waals surface area contributed by atoms with Crippen LogP contribution >= 0.6 is 15.9 Å². The second kappa shape index (κ2) is 6.07. The van der Waals surface area contributed by atoms with E-state index in [1.54, 1.807) is 18.6 Å². The van der Waals surface area contributed by atoms with Crippen molar-refractivity contribution >= 4 is 15.9 Å². The molecule has 2 aromatic heterocycles. The van der Waals surface area contributed by atoms with Crippen molar-refractivity contribution in [1.29, 1.82) is 0 Å². The lowest BCUT2D eigenvalue weighted by molar-refractivity contribution is 0.172. The van der Waals surface area contributed by atoms with Crippen molar-refractivity contribution in [3.05, 3.63) is 58.1 Å². The molecule has 18 heavy (non-hydrogen) atoms. The van der Waals surface area contributed by atoms with E-state index >= 15 is 0 Å². The Hall–Kier alpha value is -1.26. The maximum Gasteiger partial charge on any atom is 0.100 e. The Kier molecular flexibility index (Phi) is 4.44. The zero-order chi connectivity index (χ0) is 13.0. The largest absolute Gasteiger partial charge is 0.386 e. The highest BCUT2D eigenvalue weighted by atomic mass is 79.9. The first kappa shape index (κ1) is 13.2. The molecule has 0 aliphatic carbocycles. The third kappa shape index (κ3) is 3.15. The molecule has 0 amide bonds. The quantitative estimate of drug-likeness (QED) is 0.944. The monoisotopic (exact) mass is 306 g/mol. The summed E-state index contributed by atoms with van der Waals surface area (Å²) in [7, 11) is 0. The van der Waals surface area contributed by atoms with Gasteiger partial charge in [-0.15, -0.1) is 0 Å². The fourth-order valence-corrected chi connectivity index (χ4v) is 2.35. The maximum atomic E-state index is 10.3. The van der Waals surface area contributed by atoms with Crippen LogP contribution in [0.2, 0.25) is 0 Å². The predicted octanol–water partition coefficient (Wildman–Crippen LogP) is 3.08. The van der Waals surface area contributed by atoms with Crippen LogP contribution in [-0.4, -0.2) is 15.1 Å². The van der Waals surface area contributed by atoms with Crippen LogP contribution in [0.1, 0.15) is 29.8 Å². The Bertz CT molecular complexity index is 531. The van der Waals surface area contributed by atoms with Gasteiger partial charge in [-0.2, -0.15) is 0 Å². The van der Waals surface area contributed by atoms with E-state index in [4.69, 9.17) is 0 Å². The molecular formula is C14H15BrN2O. The van der Waals surface area contributed by atoms with Crippen molar-refractivity contribution in [2.24, 2.45) is 0 Å². The smallest absolute Gasteiger partial charge is 0.100 e. The van der Waals surface area contributed by atoms with Crippen LogP contribution in [0.4, 0.5) is 0 Å². The minimum atomic E-state index is -0.586. The summed E-state index contributed by atoms with van der Waals surface area (Å²) < 4.78 is 0.920. The molecule has 2 heterocycles. The summed E-state index contributed by atoms with van der Waals surface area (Å²) >= 11 is 3.38. The molecular weight excluding hydrogens is 292 g/mol. The molecule has 0 aliphatic rings. The van der Waals surface area contributed by atoms with Crippen LogP contribution in [0, 0.1) is 0 Å². The summed E-state index contributed by atoms with van der Waals surface area (Å²) in [4.78, 5) is 8.38. The number of pyridine rings is 2. The summed E-state index contributed by atoms with van der Waals surface area (Å²) in [5.74, 6) is 0.